The summed E-state index contributed by atoms with van der Waals surface area (Å²) in [6.45, 7) is 4.02. The van der Waals surface area contributed by atoms with Crippen LogP contribution in [0.1, 0.15) is 32.1 Å². The second kappa shape index (κ2) is 6.36. The first-order valence-corrected chi connectivity index (χ1v) is 6.92. The van der Waals surface area contributed by atoms with E-state index in [0.29, 0.717) is 18.4 Å². The summed E-state index contributed by atoms with van der Waals surface area (Å²) in [5.74, 6) is 0.848. The molecular formula is C13H25N3O. The zero-order valence-electron chi connectivity index (χ0n) is 10.9. The molecule has 0 radical (unpaired) electrons. The molecule has 4 heteroatoms. The summed E-state index contributed by atoms with van der Waals surface area (Å²) in [6, 6.07) is 0.704. The van der Waals surface area contributed by atoms with E-state index >= 15 is 0 Å². The van der Waals surface area contributed by atoms with E-state index in [1.807, 2.05) is 0 Å². The second-order valence-electron chi connectivity index (χ2n) is 5.55. The van der Waals surface area contributed by atoms with Crippen LogP contribution in [0.3, 0.4) is 0 Å². The Kier molecular flexibility index (Phi) is 4.80. The Labute approximate surface area is 104 Å². The molecule has 1 unspecified atom stereocenters. The summed E-state index contributed by atoms with van der Waals surface area (Å²) in [5, 5.41) is 6.42. The number of nitrogens with zero attached hydrogens (tertiary/aromatic N) is 1. The number of nitrogens with one attached hydrogen (secondary N) is 2. The zero-order chi connectivity index (χ0) is 12.1. The Morgan fingerprint density at radius 1 is 1.35 bits per heavy atom. The normalized spacial score (nSPS) is 25.8. The largest absolute Gasteiger partial charge is 0.356 e. The van der Waals surface area contributed by atoms with Gasteiger partial charge < -0.3 is 15.5 Å². The van der Waals surface area contributed by atoms with Gasteiger partial charge in [0.2, 0.25) is 5.91 Å². The molecule has 98 valence electrons. The van der Waals surface area contributed by atoms with Crippen LogP contribution < -0.4 is 10.6 Å². The molecule has 17 heavy (non-hydrogen) atoms. The van der Waals surface area contributed by atoms with Crippen LogP contribution in [0.2, 0.25) is 0 Å². The van der Waals surface area contributed by atoms with Crippen LogP contribution in [-0.2, 0) is 4.79 Å². The van der Waals surface area contributed by atoms with Crippen molar-refractivity contribution in [2.45, 2.75) is 38.1 Å². The van der Waals surface area contributed by atoms with Crippen LogP contribution in [0.25, 0.3) is 0 Å². The quantitative estimate of drug-likeness (QED) is 0.713. The summed E-state index contributed by atoms with van der Waals surface area (Å²) >= 11 is 0. The molecule has 1 aliphatic heterocycles. The van der Waals surface area contributed by atoms with E-state index in [-0.39, 0.29) is 5.91 Å². The predicted molar refractivity (Wildman–Crippen MR) is 68.9 cm³/mol. The minimum atomic E-state index is 0.200. The maximum absolute atomic E-state index is 11.6. The van der Waals surface area contributed by atoms with E-state index in [2.05, 4.69) is 22.6 Å². The summed E-state index contributed by atoms with van der Waals surface area (Å²) in [5.41, 5.74) is 0. The third kappa shape index (κ3) is 5.04. The van der Waals surface area contributed by atoms with Crippen molar-refractivity contribution in [1.82, 2.24) is 15.5 Å². The van der Waals surface area contributed by atoms with E-state index in [4.69, 9.17) is 0 Å². The van der Waals surface area contributed by atoms with Crippen molar-refractivity contribution in [3.63, 3.8) is 0 Å². The van der Waals surface area contributed by atoms with Crippen LogP contribution in [0.5, 0.6) is 0 Å². The van der Waals surface area contributed by atoms with Crippen LogP contribution >= 0.6 is 0 Å². The lowest BCUT2D eigenvalue weighted by Gasteiger charge is -2.29. The van der Waals surface area contributed by atoms with Gasteiger partial charge in [-0.1, -0.05) is 0 Å². The van der Waals surface area contributed by atoms with Crippen molar-refractivity contribution < 1.29 is 4.79 Å². The molecule has 2 N–H and O–H groups in total. The summed E-state index contributed by atoms with van der Waals surface area (Å²) < 4.78 is 0. The minimum Gasteiger partial charge on any atom is -0.356 e. The summed E-state index contributed by atoms with van der Waals surface area (Å²) in [7, 11) is 2.16. The van der Waals surface area contributed by atoms with Crippen molar-refractivity contribution in [1.29, 1.82) is 0 Å². The lowest BCUT2D eigenvalue weighted by Crippen LogP contribution is -2.39. The Bertz CT molecular complexity index is 253. The van der Waals surface area contributed by atoms with Crippen molar-refractivity contribution in [2.75, 3.05) is 33.2 Å². The van der Waals surface area contributed by atoms with Gasteiger partial charge in [0.1, 0.15) is 0 Å². The number of carbonyl (C=O) groups is 1. The first-order chi connectivity index (χ1) is 8.24. The van der Waals surface area contributed by atoms with E-state index < -0.39 is 0 Å². The third-order valence-corrected chi connectivity index (χ3v) is 3.67. The van der Waals surface area contributed by atoms with E-state index in [1.54, 1.807) is 0 Å². The number of hydrogen-bond acceptors (Lipinski definition) is 3. The van der Waals surface area contributed by atoms with Crippen LogP contribution in [0, 0.1) is 5.92 Å². The highest BCUT2D eigenvalue weighted by atomic mass is 16.1. The average molecular weight is 239 g/mol. The average Bonchev–Trinajstić information content (AvgIpc) is 3.11. The Morgan fingerprint density at radius 2 is 2.18 bits per heavy atom. The Morgan fingerprint density at radius 3 is 2.88 bits per heavy atom. The van der Waals surface area contributed by atoms with E-state index in [0.717, 1.165) is 19.6 Å². The van der Waals surface area contributed by atoms with Gasteiger partial charge in [-0.2, -0.15) is 0 Å². The van der Waals surface area contributed by atoms with Crippen LogP contribution in [0.4, 0.5) is 0 Å². The lowest BCUT2D eigenvalue weighted by molar-refractivity contribution is -0.121. The molecule has 0 bridgehead atoms. The van der Waals surface area contributed by atoms with Gasteiger partial charge in [0.15, 0.2) is 0 Å². The maximum Gasteiger partial charge on any atom is 0.221 e. The van der Waals surface area contributed by atoms with Gasteiger partial charge >= 0.3 is 0 Å². The number of carbonyl (C=O) groups excluding carboxylic acids is 1. The minimum absolute atomic E-state index is 0.200. The smallest absolute Gasteiger partial charge is 0.221 e. The summed E-state index contributed by atoms with van der Waals surface area (Å²) in [6.07, 6.45) is 5.72. The number of piperidine rings is 1. The fourth-order valence-corrected chi connectivity index (χ4v) is 2.46. The fraction of sp³-hybridized carbons (Fsp3) is 0.923. The van der Waals surface area contributed by atoms with Gasteiger partial charge in [0.05, 0.1) is 0 Å². The second-order valence-corrected chi connectivity index (χ2v) is 5.55. The predicted octanol–water partition coefficient (Wildman–Crippen LogP) is 0.587. The molecule has 1 heterocycles. The molecule has 1 saturated heterocycles. The number of rotatable bonds is 6. The fourth-order valence-electron chi connectivity index (χ4n) is 2.46. The van der Waals surface area contributed by atoms with E-state index in [9.17, 15) is 4.79 Å². The first-order valence-electron chi connectivity index (χ1n) is 6.92. The molecule has 2 fully saturated rings. The maximum atomic E-state index is 11.6. The van der Waals surface area contributed by atoms with Crippen molar-refractivity contribution in [2.24, 2.45) is 5.92 Å². The molecule has 1 amide bonds. The monoisotopic (exact) mass is 239 g/mol. The highest BCUT2D eigenvalue weighted by molar-refractivity contribution is 5.76. The standard InChI is InChI=1S/C13H25N3O/c1-16-8-2-3-11(10-16)9-15-13(17)6-7-14-12-4-5-12/h11-12,14H,2-10H2,1H3,(H,15,17). The molecule has 0 aromatic heterocycles. The number of likely N-dealkylation sites (tertiary alicyclic amines) is 1. The van der Waals surface area contributed by atoms with Gasteiger partial charge in [-0.3, -0.25) is 4.79 Å². The molecule has 2 rings (SSSR count). The molecule has 0 aromatic rings. The molecule has 1 aliphatic carbocycles. The van der Waals surface area contributed by atoms with Crippen LogP contribution in [-0.4, -0.2) is 50.1 Å². The molecule has 0 aromatic carbocycles. The van der Waals surface area contributed by atoms with Crippen LogP contribution in [0.15, 0.2) is 0 Å². The number of amides is 1. The highest BCUT2D eigenvalue weighted by Gasteiger charge is 2.20. The zero-order valence-corrected chi connectivity index (χ0v) is 10.9. The van der Waals surface area contributed by atoms with E-state index in [1.165, 1.54) is 32.2 Å². The Balaban J connectivity index is 1.52. The summed E-state index contributed by atoms with van der Waals surface area (Å²) in [4.78, 5) is 14.0. The van der Waals surface area contributed by atoms with Gasteiger partial charge in [-0.25, -0.2) is 0 Å². The molecule has 1 atom stereocenters. The molecule has 1 saturated carbocycles. The van der Waals surface area contributed by atoms with Gasteiger partial charge in [-0.05, 0) is 45.2 Å². The van der Waals surface area contributed by atoms with Crippen molar-refractivity contribution in [3.05, 3.63) is 0 Å². The van der Waals surface area contributed by atoms with Crippen molar-refractivity contribution in [3.8, 4) is 0 Å². The first kappa shape index (κ1) is 12.8. The molecular weight excluding hydrogens is 214 g/mol. The van der Waals surface area contributed by atoms with Gasteiger partial charge in [0, 0.05) is 32.1 Å². The number of hydrogen-bond donors (Lipinski definition) is 2. The molecule has 0 spiro atoms. The van der Waals surface area contributed by atoms with Gasteiger partial charge in [-0.15, -0.1) is 0 Å². The lowest BCUT2D eigenvalue weighted by atomic mass is 9.98. The topological polar surface area (TPSA) is 44.4 Å². The highest BCUT2D eigenvalue weighted by Crippen LogP contribution is 2.18. The molecule has 2 aliphatic rings. The van der Waals surface area contributed by atoms with Crippen molar-refractivity contribution >= 4 is 5.91 Å². The Hall–Kier alpha value is -0.610. The SMILES string of the molecule is CN1CCCC(CNC(=O)CCNC2CC2)C1. The van der Waals surface area contributed by atoms with Gasteiger partial charge in [0.25, 0.3) is 0 Å². The third-order valence-electron chi connectivity index (χ3n) is 3.67. The molecule has 4 nitrogen and oxygen atoms in total.